The minimum Gasteiger partial charge on any atom is -0.374 e. The van der Waals surface area contributed by atoms with E-state index < -0.39 is 8.80 Å². The van der Waals surface area contributed by atoms with E-state index in [-0.39, 0.29) is 12.8 Å². The molecule has 0 bridgehead atoms. The van der Waals surface area contributed by atoms with Crippen LogP contribution in [0, 0.1) is 0 Å². The number of halogens is 1. The van der Waals surface area contributed by atoms with Gasteiger partial charge in [0.15, 0.2) is 0 Å². The van der Waals surface area contributed by atoms with Crippen LogP contribution in [-0.2, 0) is 13.3 Å². The van der Waals surface area contributed by atoms with Crippen molar-refractivity contribution in [1.82, 2.24) is 0 Å². The van der Waals surface area contributed by atoms with Crippen LogP contribution in [0.3, 0.4) is 0 Å². The van der Waals surface area contributed by atoms with Crippen molar-refractivity contribution in [2.24, 2.45) is 0 Å². The molecule has 0 N–H and O–H groups in total. The minimum atomic E-state index is -2.46. The molecule has 0 fully saturated rings. The Kier molecular flexibility index (Phi) is 13.7. The molecule has 0 amide bonds. The van der Waals surface area contributed by atoms with Gasteiger partial charge in [-0.1, -0.05) is 39.0 Å². The quantitative estimate of drug-likeness (QED) is 0.309. The molecule has 0 aromatic carbocycles. The molecular formula is C16H35FO3Si. The maximum atomic E-state index is 12.0. The molecule has 21 heavy (non-hydrogen) atoms. The molecule has 0 saturated carbocycles. The SMILES string of the molecule is CCO[Si](CC)(OCC)OC(C)CCCCCCCCF. The van der Waals surface area contributed by atoms with Crippen LogP contribution in [-0.4, -0.2) is 34.8 Å². The molecule has 0 rings (SSSR count). The molecule has 0 aliphatic heterocycles. The van der Waals surface area contributed by atoms with Crippen molar-refractivity contribution in [2.75, 3.05) is 19.9 Å². The molecule has 5 heteroatoms. The summed E-state index contributed by atoms with van der Waals surface area (Å²) in [6, 6.07) is 0.822. The first-order valence-corrected chi connectivity index (χ1v) is 10.6. The largest absolute Gasteiger partial charge is 0.500 e. The summed E-state index contributed by atoms with van der Waals surface area (Å²) in [7, 11) is -2.46. The molecule has 0 aliphatic carbocycles. The molecule has 0 saturated heterocycles. The van der Waals surface area contributed by atoms with Gasteiger partial charge in [-0.3, -0.25) is 4.39 Å². The van der Waals surface area contributed by atoms with Gasteiger partial charge in [0.25, 0.3) is 0 Å². The van der Waals surface area contributed by atoms with Crippen LogP contribution in [0.2, 0.25) is 6.04 Å². The Hall–Kier alpha value is 0.0269. The van der Waals surface area contributed by atoms with Crippen LogP contribution >= 0.6 is 0 Å². The average Bonchev–Trinajstić information content (AvgIpc) is 2.46. The van der Waals surface area contributed by atoms with Gasteiger partial charge in [0.2, 0.25) is 0 Å². The van der Waals surface area contributed by atoms with Crippen LogP contribution < -0.4 is 0 Å². The van der Waals surface area contributed by atoms with Crippen LogP contribution in [0.4, 0.5) is 4.39 Å². The van der Waals surface area contributed by atoms with Gasteiger partial charge in [0.1, 0.15) is 0 Å². The predicted octanol–water partition coefficient (Wildman–Crippen LogP) is 5.12. The highest BCUT2D eigenvalue weighted by Gasteiger charge is 2.39. The Morgan fingerprint density at radius 1 is 0.857 bits per heavy atom. The summed E-state index contributed by atoms with van der Waals surface area (Å²) in [6.07, 6.45) is 7.65. The lowest BCUT2D eigenvalue weighted by Crippen LogP contribution is -2.47. The maximum absolute atomic E-state index is 12.0. The van der Waals surface area contributed by atoms with E-state index >= 15 is 0 Å². The fraction of sp³-hybridized carbons (Fsp3) is 1.00. The summed E-state index contributed by atoms with van der Waals surface area (Å²) in [4.78, 5) is 0. The van der Waals surface area contributed by atoms with Crippen molar-refractivity contribution in [3.63, 3.8) is 0 Å². The second-order valence-electron chi connectivity index (χ2n) is 5.43. The number of alkyl halides is 1. The van der Waals surface area contributed by atoms with Gasteiger partial charge in [-0.2, -0.15) is 0 Å². The molecule has 3 nitrogen and oxygen atoms in total. The minimum absolute atomic E-state index is 0.177. The van der Waals surface area contributed by atoms with E-state index in [9.17, 15) is 4.39 Å². The lowest BCUT2D eigenvalue weighted by atomic mass is 10.1. The van der Waals surface area contributed by atoms with E-state index in [0.29, 0.717) is 19.6 Å². The lowest BCUT2D eigenvalue weighted by molar-refractivity contribution is 0.0358. The summed E-state index contributed by atoms with van der Waals surface area (Å²) in [5.41, 5.74) is 0. The summed E-state index contributed by atoms with van der Waals surface area (Å²) in [6.45, 7) is 9.27. The standard InChI is InChI=1S/C16H35FO3Si/c1-5-18-21(7-3,19-6-2)20-16(4)14-12-10-8-9-11-13-15-17/h16H,5-15H2,1-4H3. The fourth-order valence-corrected chi connectivity index (χ4v) is 4.84. The Balaban J connectivity index is 3.89. The van der Waals surface area contributed by atoms with E-state index in [1.807, 2.05) is 13.8 Å². The Labute approximate surface area is 131 Å². The fourth-order valence-electron chi connectivity index (χ4n) is 2.44. The van der Waals surface area contributed by atoms with E-state index in [0.717, 1.165) is 31.7 Å². The van der Waals surface area contributed by atoms with Crippen LogP contribution in [0.5, 0.6) is 0 Å². The summed E-state index contributed by atoms with van der Waals surface area (Å²) >= 11 is 0. The number of unbranched alkanes of at least 4 members (excludes halogenated alkanes) is 5. The average molecular weight is 323 g/mol. The zero-order valence-electron chi connectivity index (χ0n) is 14.5. The summed E-state index contributed by atoms with van der Waals surface area (Å²) < 4.78 is 29.8. The number of hydrogen-bond acceptors (Lipinski definition) is 3. The molecule has 1 atom stereocenters. The Morgan fingerprint density at radius 3 is 1.86 bits per heavy atom. The van der Waals surface area contributed by atoms with Crippen molar-refractivity contribution in [2.45, 2.75) is 84.8 Å². The molecule has 0 heterocycles. The van der Waals surface area contributed by atoms with Crippen molar-refractivity contribution >= 4 is 8.80 Å². The third kappa shape index (κ3) is 10.4. The van der Waals surface area contributed by atoms with E-state index in [1.54, 1.807) is 0 Å². The van der Waals surface area contributed by atoms with Crippen molar-refractivity contribution in [1.29, 1.82) is 0 Å². The van der Waals surface area contributed by atoms with Crippen LogP contribution in [0.1, 0.15) is 72.6 Å². The molecule has 0 aromatic rings. The van der Waals surface area contributed by atoms with Crippen molar-refractivity contribution in [3.05, 3.63) is 0 Å². The van der Waals surface area contributed by atoms with Gasteiger partial charge in [-0.15, -0.1) is 0 Å². The third-order valence-electron chi connectivity index (χ3n) is 3.54. The van der Waals surface area contributed by atoms with Crippen LogP contribution in [0.15, 0.2) is 0 Å². The zero-order chi connectivity index (χ0) is 16.0. The first-order chi connectivity index (χ1) is 10.1. The normalized spacial score (nSPS) is 13.6. The summed E-state index contributed by atoms with van der Waals surface area (Å²) in [5.74, 6) is 0. The van der Waals surface area contributed by atoms with Gasteiger partial charge in [-0.25, -0.2) is 0 Å². The molecule has 1 unspecified atom stereocenters. The number of hydrogen-bond donors (Lipinski definition) is 0. The Bertz CT molecular complexity index is 224. The van der Waals surface area contributed by atoms with Gasteiger partial charge in [0.05, 0.1) is 6.67 Å². The molecule has 0 radical (unpaired) electrons. The highest BCUT2D eigenvalue weighted by Crippen LogP contribution is 2.20. The highest BCUT2D eigenvalue weighted by molar-refractivity contribution is 6.60. The topological polar surface area (TPSA) is 27.7 Å². The molecular weight excluding hydrogens is 287 g/mol. The zero-order valence-corrected chi connectivity index (χ0v) is 15.5. The van der Waals surface area contributed by atoms with Crippen molar-refractivity contribution in [3.8, 4) is 0 Å². The van der Waals surface area contributed by atoms with Crippen molar-refractivity contribution < 1.29 is 17.7 Å². The summed E-state index contributed by atoms with van der Waals surface area (Å²) in [5, 5.41) is 0. The first-order valence-electron chi connectivity index (χ1n) is 8.65. The van der Waals surface area contributed by atoms with Gasteiger partial charge in [-0.05, 0) is 33.6 Å². The molecule has 0 aromatic heterocycles. The van der Waals surface area contributed by atoms with E-state index in [2.05, 4.69) is 13.8 Å². The van der Waals surface area contributed by atoms with E-state index in [1.165, 1.54) is 12.8 Å². The smallest absolute Gasteiger partial charge is 0.374 e. The molecule has 128 valence electrons. The monoisotopic (exact) mass is 322 g/mol. The number of rotatable bonds is 15. The van der Waals surface area contributed by atoms with E-state index in [4.69, 9.17) is 13.3 Å². The maximum Gasteiger partial charge on any atom is 0.500 e. The Morgan fingerprint density at radius 2 is 1.38 bits per heavy atom. The van der Waals surface area contributed by atoms with Gasteiger partial charge >= 0.3 is 8.80 Å². The lowest BCUT2D eigenvalue weighted by Gasteiger charge is -2.30. The second-order valence-corrected chi connectivity index (χ2v) is 8.32. The predicted molar refractivity (Wildman–Crippen MR) is 88.3 cm³/mol. The first kappa shape index (κ1) is 21.0. The highest BCUT2D eigenvalue weighted by atomic mass is 28.4. The molecule has 0 aliphatic rings. The third-order valence-corrected chi connectivity index (χ3v) is 6.62. The van der Waals surface area contributed by atoms with Gasteiger partial charge in [0, 0.05) is 25.4 Å². The van der Waals surface area contributed by atoms with Gasteiger partial charge < -0.3 is 13.3 Å². The second kappa shape index (κ2) is 13.7. The molecule has 0 spiro atoms. The van der Waals surface area contributed by atoms with Crippen LogP contribution in [0.25, 0.3) is 0 Å².